The number of amides is 1. The molecular formula is C22H18N4O3. The van der Waals surface area contributed by atoms with Crippen LogP contribution in [0.2, 0.25) is 0 Å². The molecule has 0 fully saturated rings. The number of aromatic nitrogens is 3. The summed E-state index contributed by atoms with van der Waals surface area (Å²) in [5, 5.41) is 7.85. The highest BCUT2D eigenvalue weighted by Crippen LogP contribution is 2.15. The topological polar surface area (TPSA) is 86.1 Å². The highest BCUT2D eigenvalue weighted by molar-refractivity contribution is 6.02. The summed E-state index contributed by atoms with van der Waals surface area (Å²) < 4.78 is 6.81. The first-order valence-corrected chi connectivity index (χ1v) is 9.12. The van der Waals surface area contributed by atoms with E-state index < -0.39 is 5.91 Å². The van der Waals surface area contributed by atoms with Gasteiger partial charge in [0.1, 0.15) is 23.9 Å². The van der Waals surface area contributed by atoms with Crippen LogP contribution in [-0.2, 0) is 6.54 Å². The van der Waals surface area contributed by atoms with Gasteiger partial charge in [-0.25, -0.2) is 9.67 Å². The zero-order valence-corrected chi connectivity index (χ0v) is 15.5. The summed E-state index contributed by atoms with van der Waals surface area (Å²) in [5.41, 5.74) is 0.600. The van der Waals surface area contributed by atoms with Gasteiger partial charge in [0, 0.05) is 11.5 Å². The van der Waals surface area contributed by atoms with Crippen molar-refractivity contribution < 1.29 is 9.53 Å². The molecule has 2 aromatic carbocycles. The normalized spacial score (nSPS) is 10.6. The third-order valence-corrected chi connectivity index (χ3v) is 4.25. The molecule has 0 aliphatic heterocycles. The van der Waals surface area contributed by atoms with Crippen LogP contribution in [-0.4, -0.2) is 27.3 Å². The van der Waals surface area contributed by atoms with Crippen molar-refractivity contribution >= 4 is 22.6 Å². The van der Waals surface area contributed by atoms with Gasteiger partial charge in [-0.2, -0.15) is 5.10 Å². The van der Waals surface area contributed by atoms with E-state index in [9.17, 15) is 9.59 Å². The molecule has 0 aliphatic carbocycles. The monoisotopic (exact) mass is 386 g/mol. The Kier molecular flexibility index (Phi) is 5.29. The Balaban J connectivity index is 1.45. The van der Waals surface area contributed by atoms with Crippen LogP contribution in [0.25, 0.3) is 10.9 Å². The van der Waals surface area contributed by atoms with Gasteiger partial charge >= 0.3 is 0 Å². The summed E-state index contributed by atoms with van der Waals surface area (Å²) in [7, 11) is 0. The van der Waals surface area contributed by atoms with Crippen LogP contribution < -0.4 is 15.6 Å². The van der Waals surface area contributed by atoms with Crippen molar-refractivity contribution in [3.8, 4) is 5.75 Å². The SMILES string of the molecule is O=C(Nc1ccc2ccccc2n1)c1ccc(=O)n(CCOc2ccccc2)n1. The lowest BCUT2D eigenvalue weighted by Crippen LogP contribution is -2.28. The predicted octanol–water partition coefficient (Wildman–Crippen LogP) is 3.12. The summed E-state index contributed by atoms with van der Waals surface area (Å²) in [6, 6.07) is 23.2. The summed E-state index contributed by atoms with van der Waals surface area (Å²) in [5.74, 6) is 0.683. The van der Waals surface area contributed by atoms with Crippen molar-refractivity contribution in [1.82, 2.24) is 14.8 Å². The van der Waals surface area contributed by atoms with Crippen LogP contribution in [0.15, 0.2) is 83.7 Å². The number of carbonyl (C=O) groups is 1. The van der Waals surface area contributed by atoms with Gasteiger partial charge in [0.2, 0.25) is 0 Å². The molecule has 2 heterocycles. The fourth-order valence-corrected chi connectivity index (χ4v) is 2.81. The van der Waals surface area contributed by atoms with Crippen molar-refractivity contribution in [2.75, 3.05) is 11.9 Å². The smallest absolute Gasteiger partial charge is 0.277 e. The Morgan fingerprint density at radius 1 is 0.931 bits per heavy atom. The molecule has 1 N–H and O–H groups in total. The van der Waals surface area contributed by atoms with E-state index in [1.165, 1.54) is 16.8 Å². The standard InChI is InChI=1S/C22H18N4O3/c27-21-13-11-19(25-26(21)14-15-29-17-7-2-1-3-8-17)22(28)24-20-12-10-16-6-4-5-9-18(16)23-20/h1-13H,14-15H2,(H,23,24,28). The van der Waals surface area contributed by atoms with Crippen molar-refractivity contribution in [2.24, 2.45) is 0 Å². The third-order valence-electron chi connectivity index (χ3n) is 4.25. The van der Waals surface area contributed by atoms with E-state index in [0.717, 1.165) is 10.9 Å². The van der Waals surface area contributed by atoms with Gasteiger partial charge in [-0.05, 0) is 36.4 Å². The number of para-hydroxylation sites is 2. The van der Waals surface area contributed by atoms with Crippen LogP contribution in [0.1, 0.15) is 10.5 Å². The van der Waals surface area contributed by atoms with Crippen LogP contribution >= 0.6 is 0 Å². The van der Waals surface area contributed by atoms with Crippen LogP contribution in [0.4, 0.5) is 5.82 Å². The van der Waals surface area contributed by atoms with Gasteiger partial charge in [-0.3, -0.25) is 9.59 Å². The maximum atomic E-state index is 12.5. The highest BCUT2D eigenvalue weighted by Gasteiger charge is 2.11. The van der Waals surface area contributed by atoms with E-state index in [0.29, 0.717) is 11.6 Å². The molecule has 0 bridgehead atoms. The summed E-state index contributed by atoms with van der Waals surface area (Å²) in [4.78, 5) is 29.0. The highest BCUT2D eigenvalue weighted by atomic mass is 16.5. The minimum absolute atomic E-state index is 0.124. The van der Waals surface area contributed by atoms with Crippen molar-refractivity contribution in [3.05, 3.63) is 94.9 Å². The Bertz CT molecular complexity index is 1210. The van der Waals surface area contributed by atoms with Crippen molar-refractivity contribution in [1.29, 1.82) is 0 Å². The minimum Gasteiger partial charge on any atom is -0.492 e. The number of carbonyl (C=O) groups excluding carboxylic acids is 1. The van der Waals surface area contributed by atoms with Gasteiger partial charge < -0.3 is 10.1 Å². The number of ether oxygens (including phenoxy) is 1. The molecule has 7 heteroatoms. The van der Waals surface area contributed by atoms with Crippen molar-refractivity contribution in [2.45, 2.75) is 6.54 Å². The van der Waals surface area contributed by atoms with E-state index in [2.05, 4.69) is 15.4 Å². The molecule has 0 saturated heterocycles. The first-order chi connectivity index (χ1) is 14.2. The van der Waals surface area contributed by atoms with Crippen molar-refractivity contribution in [3.63, 3.8) is 0 Å². The maximum absolute atomic E-state index is 12.5. The Hall–Kier alpha value is -4.00. The van der Waals surface area contributed by atoms with Crippen LogP contribution in [0.5, 0.6) is 5.75 Å². The van der Waals surface area contributed by atoms with E-state index in [1.807, 2.05) is 60.7 Å². The average Bonchev–Trinajstić information content (AvgIpc) is 2.75. The number of benzene rings is 2. The number of hydrogen-bond donors (Lipinski definition) is 1. The molecule has 7 nitrogen and oxygen atoms in total. The predicted molar refractivity (Wildman–Crippen MR) is 110 cm³/mol. The number of anilines is 1. The zero-order valence-electron chi connectivity index (χ0n) is 15.5. The second-order valence-electron chi connectivity index (χ2n) is 6.28. The lowest BCUT2D eigenvalue weighted by atomic mass is 10.2. The molecule has 144 valence electrons. The second kappa shape index (κ2) is 8.35. The average molecular weight is 386 g/mol. The minimum atomic E-state index is -0.439. The number of nitrogens with one attached hydrogen (secondary N) is 1. The lowest BCUT2D eigenvalue weighted by molar-refractivity contribution is 0.101. The second-order valence-corrected chi connectivity index (χ2v) is 6.28. The van der Waals surface area contributed by atoms with E-state index in [-0.39, 0.29) is 24.4 Å². The molecule has 1 amide bonds. The number of pyridine rings is 1. The fraction of sp³-hybridized carbons (Fsp3) is 0.0909. The van der Waals surface area contributed by atoms with E-state index >= 15 is 0 Å². The summed E-state index contributed by atoms with van der Waals surface area (Å²) in [6.07, 6.45) is 0. The molecule has 29 heavy (non-hydrogen) atoms. The largest absolute Gasteiger partial charge is 0.492 e. The Morgan fingerprint density at radius 2 is 1.72 bits per heavy atom. The van der Waals surface area contributed by atoms with E-state index in [4.69, 9.17) is 4.74 Å². The van der Waals surface area contributed by atoms with Gasteiger partial charge in [0.05, 0.1) is 12.1 Å². The summed E-state index contributed by atoms with van der Waals surface area (Å²) >= 11 is 0. The maximum Gasteiger partial charge on any atom is 0.277 e. The third kappa shape index (κ3) is 4.47. The van der Waals surface area contributed by atoms with Gasteiger partial charge in [-0.15, -0.1) is 0 Å². The molecule has 4 aromatic rings. The van der Waals surface area contributed by atoms with Crippen LogP contribution in [0.3, 0.4) is 0 Å². The zero-order chi connectivity index (χ0) is 20.1. The van der Waals surface area contributed by atoms with Gasteiger partial charge in [-0.1, -0.05) is 36.4 Å². The molecule has 2 aromatic heterocycles. The van der Waals surface area contributed by atoms with Gasteiger partial charge in [0.25, 0.3) is 11.5 Å². The first-order valence-electron chi connectivity index (χ1n) is 9.12. The number of fused-ring (bicyclic) bond motifs is 1. The Labute approximate surface area is 166 Å². The molecule has 0 unspecified atom stereocenters. The number of hydrogen-bond acceptors (Lipinski definition) is 5. The lowest BCUT2D eigenvalue weighted by Gasteiger charge is -2.09. The first kappa shape index (κ1) is 18.4. The quantitative estimate of drug-likeness (QED) is 0.550. The van der Waals surface area contributed by atoms with Gasteiger partial charge in [0.15, 0.2) is 0 Å². The number of nitrogens with zero attached hydrogens (tertiary/aromatic N) is 3. The van der Waals surface area contributed by atoms with E-state index in [1.54, 1.807) is 6.07 Å². The molecule has 0 radical (unpaired) electrons. The Morgan fingerprint density at radius 3 is 2.59 bits per heavy atom. The molecule has 0 saturated carbocycles. The summed E-state index contributed by atoms with van der Waals surface area (Å²) in [6.45, 7) is 0.483. The molecule has 0 atom stereocenters. The molecule has 0 spiro atoms. The fourth-order valence-electron chi connectivity index (χ4n) is 2.81. The molecule has 4 rings (SSSR count). The molecular weight excluding hydrogens is 368 g/mol. The molecule has 0 aliphatic rings. The number of rotatable bonds is 6. The van der Waals surface area contributed by atoms with Crippen LogP contribution in [0, 0.1) is 0 Å².